The van der Waals surface area contributed by atoms with Crippen LogP contribution in [0.1, 0.15) is 37.3 Å². The highest BCUT2D eigenvalue weighted by Gasteiger charge is 2.31. The quantitative estimate of drug-likeness (QED) is 0.299. The summed E-state index contributed by atoms with van der Waals surface area (Å²) in [7, 11) is 0. The van der Waals surface area contributed by atoms with Gasteiger partial charge in [-0.05, 0) is 49.2 Å². The normalized spacial score (nSPS) is 17.2. The van der Waals surface area contributed by atoms with E-state index < -0.39 is 11.7 Å². The maximum Gasteiger partial charge on any atom is 0.416 e. The molecule has 0 radical (unpaired) electrons. The lowest BCUT2D eigenvalue weighted by Gasteiger charge is -2.36. The molecule has 0 spiro atoms. The molecule has 6 nitrogen and oxygen atoms in total. The van der Waals surface area contributed by atoms with Crippen molar-refractivity contribution in [1.82, 2.24) is 19.5 Å². The Morgan fingerprint density at radius 1 is 0.811 bits per heavy atom. The van der Waals surface area contributed by atoms with Gasteiger partial charge in [-0.25, -0.2) is 15.0 Å². The average Bonchev–Trinajstić information content (AvgIpc) is 3.57. The zero-order valence-electron chi connectivity index (χ0n) is 20.1. The van der Waals surface area contributed by atoms with E-state index in [9.17, 15) is 13.2 Å². The van der Waals surface area contributed by atoms with E-state index in [-0.39, 0.29) is 6.04 Å². The van der Waals surface area contributed by atoms with E-state index in [1.807, 2.05) is 24.3 Å². The molecule has 2 aromatic carbocycles. The fourth-order valence-electron chi connectivity index (χ4n) is 5.48. The monoisotopic (exact) mass is 526 g/mol. The van der Waals surface area contributed by atoms with E-state index in [1.54, 1.807) is 6.33 Å². The van der Waals surface area contributed by atoms with Gasteiger partial charge in [0.15, 0.2) is 17.0 Å². The zero-order chi connectivity index (χ0) is 25.6. The maximum absolute atomic E-state index is 13.2. The Bertz CT molecular complexity index is 1390. The van der Waals surface area contributed by atoms with Crippen molar-refractivity contribution < 1.29 is 13.2 Å². The van der Waals surface area contributed by atoms with Crippen LogP contribution in [0.2, 0.25) is 5.02 Å². The summed E-state index contributed by atoms with van der Waals surface area (Å²) in [5, 5.41) is 0.715. The molecule has 3 heterocycles. The zero-order valence-corrected chi connectivity index (χ0v) is 20.9. The number of nitrogens with zero attached hydrogens (tertiary/aromatic N) is 6. The molecule has 1 aliphatic carbocycles. The molecule has 0 atom stereocenters. The summed E-state index contributed by atoms with van der Waals surface area (Å²) in [6.07, 6.45) is 1.42. The van der Waals surface area contributed by atoms with Crippen molar-refractivity contribution in [3.8, 4) is 11.4 Å². The summed E-state index contributed by atoms with van der Waals surface area (Å²) >= 11 is 6.04. The van der Waals surface area contributed by atoms with Crippen LogP contribution in [-0.2, 0) is 6.18 Å². The van der Waals surface area contributed by atoms with Crippen LogP contribution < -0.4 is 9.80 Å². The number of piperazine rings is 1. The van der Waals surface area contributed by atoms with E-state index in [1.165, 1.54) is 12.1 Å². The van der Waals surface area contributed by atoms with E-state index in [4.69, 9.17) is 16.6 Å². The Hall–Kier alpha value is -3.33. The summed E-state index contributed by atoms with van der Waals surface area (Å²) < 4.78 is 41.6. The minimum atomic E-state index is -4.38. The molecule has 192 valence electrons. The molecule has 6 rings (SSSR count). The fourth-order valence-corrected chi connectivity index (χ4v) is 5.60. The van der Waals surface area contributed by atoms with Crippen molar-refractivity contribution in [2.24, 2.45) is 0 Å². The summed E-state index contributed by atoms with van der Waals surface area (Å²) in [6, 6.07) is 13.3. The van der Waals surface area contributed by atoms with Crippen LogP contribution in [0.5, 0.6) is 0 Å². The third kappa shape index (κ3) is 4.61. The fraction of sp³-hybridized carbons (Fsp3) is 0.370. The van der Waals surface area contributed by atoms with E-state index >= 15 is 0 Å². The Balaban J connectivity index is 1.35. The van der Waals surface area contributed by atoms with Gasteiger partial charge in [-0.3, -0.25) is 0 Å². The molecule has 10 heteroatoms. The van der Waals surface area contributed by atoms with Crippen molar-refractivity contribution in [1.29, 1.82) is 0 Å². The van der Waals surface area contributed by atoms with E-state index in [2.05, 4.69) is 24.3 Å². The molecule has 0 unspecified atom stereocenters. The van der Waals surface area contributed by atoms with Crippen LogP contribution in [-0.4, -0.2) is 45.7 Å². The maximum atomic E-state index is 13.2. The molecule has 2 aliphatic rings. The van der Waals surface area contributed by atoms with Crippen molar-refractivity contribution in [2.75, 3.05) is 36.0 Å². The van der Waals surface area contributed by atoms with Gasteiger partial charge in [0.2, 0.25) is 0 Å². The van der Waals surface area contributed by atoms with Crippen LogP contribution >= 0.6 is 11.6 Å². The van der Waals surface area contributed by atoms with Gasteiger partial charge in [0.1, 0.15) is 12.2 Å². The van der Waals surface area contributed by atoms with Crippen molar-refractivity contribution in [2.45, 2.75) is 37.9 Å². The van der Waals surface area contributed by atoms with Gasteiger partial charge >= 0.3 is 6.18 Å². The molecule has 1 saturated heterocycles. The highest BCUT2D eigenvalue weighted by molar-refractivity contribution is 6.30. The lowest BCUT2D eigenvalue weighted by molar-refractivity contribution is -0.137. The Morgan fingerprint density at radius 2 is 1.46 bits per heavy atom. The van der Waals surface area contributed by atoms with Gasteiger partial charge in [-0.15, -0.1) is 0 Å². The van der Waals surface area contributed by atoms with Crippen LogP contribution in [0.3, 0.4) is 0 Å². The molecule has 4 aromatic rings. The molecular formula is C27H26ClF3N6. The first-order chi connectivity index (χ1) is 17.9. The third-order valence-electron chi connectivity index (χ3n) is 7.39. The van der Waals surface area contributed by atoms with E-state index in [0.29, 0.717) is 21.9 Å². The van der Waals surface area contributed by atoms with E-state index in [0.717, 1.165) is 81.1 Å². The second kappa shape index (κ2) is 9.52. The molecule has 1 aliphatic heterocycles. The number of hydrogen-bond donors (Lipinski definition) is 0. The Labute approximate surface area is 217 Å². The topological polar surface area (TPSA) is 50.1 Å². The number of fused-ring (bicyclic) bond motifs is 1. The van der Waals surface area contributed by atoms with Crippen LogP contribution in [0.15, 0.2) is 54.9 Å². The highest BCUT2D eigenvalue weighted by atomic mass is 35.5. The summed E-state index contributed by atoms with van der Waals surface area (Å²) in [6.45, 7) is 3.17. The van der Waals surface area contributed by atoms with Crippen molar-refractivity contribution in [3.05, 3.63) is 65.4 Å². The third-order valence-corrected chi connectivity index (χ3v) is 7.64. The summed E-state index contributed by atoms with van der Waals surface area (Å²) in [5.74, 6) is 1.42. The average molecular weight is 527 g/mol. The standard InChI is InChI=1S/C27H26ClF3N6/c28-20-9-11-21(12-10-20)35-13-15-36(16-14-35)25-23-26(33-17-32-25)37(22-3-1-2-4-22)24(34-23)18-5-7-19(8-6-18)27(29,30)31/h5-12,17,22H,1-4,13-16H2. The first-order valence-electron chi connectivity index (χ1n) is 12.5. The second-order valence-electron chi connectivity index (χ2n) is 9.64. The SMILES string of the molecule is FC(F)(F)c1ccc(-c2nc3c(N4CCN(c5ccc(Cl)cc5)CC4)ncnc3n2C2CCCC2)cc1. The number of imidazole rings is 1. The minimum Gasteiger partial charge on any atom is -0.368 e. The molecule has 2 fully saturated rings. The lowest BCUT2D eigenvalue weighted by Crippen LogP contribution is -2.47. The second-order valence-corrected chi connectivity index (χ2v) is 10.1. The molecule has 2 aromatic heterocycles. The van der Waals surface area contributed by atoms with Crippen LogP contribution in [0.4, 0.5) is 24.7 Å². The van der Waals surface area contributed by atoms with Crippen LogP contribution in [0.25, 0.3) is 22.6 Å². The molecular weight excluding hydrogens is 501 g/mol. The lowest BCUT2D eigenvalue weighted by atomic mass is 10.1. The number of rotatable bonds is 4. The molecule has 0 bridgehead atoms. The Kier molecular flexibility index (Phi) is 6.18. The van der Waals surface area contributed by atoms with Gasteiger partial charge in [-0.2, -0.15) is 13.2 Å². The number of benzene rings is 2. The van der Waals surface area contributed by atoms with Gasteiger partial charge in [0.25, 0.3) is 0 Å². The largest absolute Gasteiger partial charge is 0.416 e. The number of aromatic nitrogens is 4. The number of alkyl halides is 3. The Morgan fingerprint density at radius 3 is 2.11 bits per heavy atom. The molecule has 0 N–H and O–H groups in total. The van der Waals surface area contributed by atoms with Crippen LogP contribution in [0, 0.1) is 0 Å². The molecule has 0 amide bonds. The smallest absolute Gasteiger partial charge is 0.368 e. The first kappa shape index (κ1) is 24.0. The predicted octanol–water partition coefficient (Wildman–Crippen LogP) is 6.61. The van der Waals surface area contributed by atoms with Gasteiger partial charge in [-0.1, -0.05) is 36.6 Å². The number of halogens is 4. The van der Waals surface area contributed by atoms with Crippen molar-refractivity contribution >= 4 is 34.3 Å². The highest BCUT2D eigenvalue weighted by Crippen LogP contribution is 2.39. The minimum absolute atomic E-state index is 0.215. The van der Waals surface area contributed by atoms with Crippen molar-refractivity contribution in [3.63, 3.8) is 0 Å². The van der Waals surface area contributed by atoms with Gasteiger partial charge in [0, 0.05) is 48.5 Å². The molecule has 1 saturated carbocycles. The number of hydrogen-bond acceptors (Lipinski definition) is 5. The van der Waals surface area contributed by atoms with Gasteiger partial charge in [0.05, 0.1) is 5.56 Å². The predicted molar refractivity (Wildman–Crippen MR) is 139 cm³/mol. The summed E-state index contributed by atoms with van der Waals surface area (Å²) in [5.41, 5.74) is 2.55. The first-order valence-corrected chi connectivity index (χ1v) is 12.9. The van der Waals surface area contributed by atoms with Gasteiger partial charge < -0.3 is 14.4 Å². The summed E-state index contributed by atoms with van der Waals surface area (Å²) in [4.78, 5) is 18.7. The molecule has 37 heavy (non-hydrogen) atoms. The number of anilines is 2.